The van der Waals surface area contributed by atoms with Crippen LogP contribution in [0.3, 0.4) is 0 Å². The van der Waals surface area contributed by atoms with E-state index in [1.165, 1.54) is 13.2 Å². The van der Waals surface area contributed by atoms with Crippen molar-refractivity contribution in [3.8, 4) is 0 Å². The molecule has 2 atom stereocenters. The maximum Gasteiger partial charge on any atom is 0.313 e. The Hall–Kier alpha value is -1.88. The van der Waals surface area contributed by atoms with Crippen LogP contribution < -0.4 is 0 Å². The second kappa shape index (κ2) is 5.31. The number of hydrogen-bond donors (Lipinski definition) is 1. The Bertz CT molecular complexity index is 857. The quantitative estimate of drug-likeness (QED) is 0.865. The number of methoxy groups -OCH3 is 1. The molecule has 0 amide bonds. The number of aromatic nitrogens is 1. The van der Waals surface area contributed by atoms with Crippen LogP contribution in [0.5, 0.6) is 0 Å². The predicted octanol–water partition coefficient (Wildman–Crippen LogP) is 3.64. The van der Waals surface area contributed by atoms with Gasteiger partial charge in [0.1, 0.15) is 5.82 Å². The summed E-state index contributed by atoms with van der Waals surface area (Å²) in [4.78, 5) is 18.2. The van der Waals surface area contributed by atoms with E-state index in [0.717, 1.165) is 48.2 Å². The molecule has 1 saturated carbocycles. The van der Waals surface area contributed by atoms with Crippen LogP contribution in [0.1, 0.15) is 31.5 Å². The number of carbonyl (C=O) groups is 1. The lowest BCUT2D eigenvalue weighted by Gasteiger charge is -2.54. The second-order valence-corrected chi connectivity index (χ2v) is 8.45. The van der Waals surface area contributed by atoms with Crippen LogP contribution in [0.2, 0.25) is 0 Å². The number of aryl methyl sites for hydroxylation is 1. The molecule has 5 heteroatoms. The zero-order chi connectivity index (χ0) is 18.0. The molecular formula is C20H25FN2O2. The van der Waals surface area contributed by atoms with E-state index in [-0.39, 0.29) is 22.6 Å². The fourth-order valence-corrected chi connectivity index (χ4v) is 5.33. The van der Waals surface area contributed by atoms with E-state index in [1.54, 1.807) is 12.1 Å². The summed E-state index contributed by atoms with van der Waals surface area (Å²) in [7, 11) is 1.48. The van der Waals surface area contributed by atoms with Gasteiger partial charge in [0, 0.05) is 36.2 Å². The van der Waals surface area contributed by atoms with Crippen LogP contribution in [-0.2, 0) is 16.1 Å². The molecule has 1 aromatic carbocycles. The van der Waals surface area contributed by atoms with Crippen molar-refractivity contribution in [2.45, 2.75) is 33.7 Å². The minimum absolute atomic E-state index is 0.0743. The van der Waals surface area contributed by atoms with E-state index in [1.807, 2.05) is 6.92 Å². The molecule has 4 rings (SSSR count). The number of fused-ring (bicyclic) bond motifs is 2. The maximum absolute atomic E-state index is 13.5. The maximum atomic E-state index is 13.5. The average Bonchev–Trinajstić information content (AvgIpc) is 3.04. The smallest absolute Gasteiger partial charge is 0.313 e. The van der Waals surface area contributed by atoms with Gasteiger partial charge >= 0.3 is 5.97 Å². The van der Waals surface area contributed by atoms with Crippen molar-refractivity contribution in [1.82, 2.24) is 9.88 Å². The molecule has 0 unspecified atom stereocenters. The van der Waals surface area contributed by atoms with Crippen molar-refractivity contribution in [2.24, 2.45) is 16.7 Å². The first-order valence-electron chi connectivity index (χ1n) is 8.84. The fraction of sp³-hybridized carbons (Fsp3) is 0.550. The molecule has 1 aromatic heterocycles. The standard InChI is InChI=1S/C20H25FN2O2/c1-12-14-7-13(21)5-6-15(14)22-16(12)8-23-9-17-19(2,3)10-20(17,11-23)18(24)25-4/h5-7,17,22H,8-11H2,1-4H3/t17-,20+/m1/s1. The van der Waals surface area contributed by atoms with Gasteiger partial charge in [0.2, 0.25) is 0 Å². The van der Waals surface area contributed by atoms with Crippen molar-refractivity contribution >= 4 is 16.9 Å². The first kappa shape index (κ1) is 16.6. The summed E-state index contributed by atoms with van der Waals surface area (Å²) in [6, 6.07) is 4.85. The van der Waals surface area contributed by atoms with E-state index >= 15 is 0 Å². The fourth-order valence-electron chi connectivity index (χ4n) is 5.33. The Labute approximate surface area is 147 Å². The highest BCUT2D eigenvalue weighted by atomic mass is 19.1. The van der Waals surface area contributed by atoms with E-state index in [9.17, 15) is 9.18 Å². The molecule has 0 radical (unpaired) electrons. The van der Waals surface area contributed by atoms with Gasteiger partial charge in [0.05, 0.1) is 12.5 Å². The van der Waals surface area contributed by atoms with Gasteiger partial charge in [-0.1, -0.05) is 13.8 Å². The van der Waals surface area contributed by atoms with Crippen LogP contribution >= 0.6 is 0 Å². The number of esters is 1. The van der Waals surface area contributed by atoms with Crippen molar-refractivity contribution < 1.29 is 13.9 Å². The molecule has 1 saturated heterocycles. The summed E-state index contributed by atoms with van der Waals surface area (Å²) < 4.78 is 18.6. The van der Waals surface area contributed by atoms with E-state index in [4.69, 9.17) is 4.74 Å². The molecular weight excluding hydrogens is 319 g/mol. The summed E-state index contributed by atoms with van der Waals surface area (Å²) >= 11 is 0. The van der Waals surface area contributed by atoms with E-state index < -0.39 is 0 Å². The SMILES string of the molecule is COC(=O)[C@@]12CN(Cc3[nH]c4ccc(F)cc4c3C)C[C@@H]1C(C)(C)C2. The molecule has 2 aromatic rings. The van der Waals surface area contributed by atoms with Crippen molar-refractivity contribution in [3.63, 3.8) is 0 Å². The summed E-state index contributed by atoms with van der Waals surface area (Å²) in [5.74, 6) is 0.0381. The summed E-state index contributed by atoms with van der Waals surface area (Å²) in [5, 5.41) is 0.931. The Morgan fingerprint density at radius 1 is 1.44 bits per heavy atom. The predicted molar refractivity (Wildman–Crippen MR) is 94.6 cm³/mol. The van der Waals surface area contributed by atoms with Crippen molar-refractivity contribution in [2.75, 3.05) is 20.2 Å². The average molecular weight is 344 g/mol. The van der Waals surface area contributed by atoms with Crippen LogP contribution in [0.25, 0.3) is 10.9 Å². The number of nitrogens with zero attached hydrogens (tertiary/aromatic N) is 1. The molecule has 1 aliphatic carbocycles. The summed E-state index contributed by atoms with van der Waals surface area (Å²) in [6.07, 6.45) is 0.880. The summed E-state index contributed by atoms with van der Waals surface area (Å²) in [5.41, 5.74) is 2.95. The van der Waals surface area contributed by atoms with Gasteiger partial charge in [-0.25, -0.2) is 4.39 Å². The number of nitrogens with one attached hydrogen (secondary N) is 1. The number of ether oxygens (including phenoxy) is 1. The Morgan fingerprint density at radius 2 is 2.20 bits per heavy atom. The molecule has 0 spiro atoms. The second-order valence-electron chi connectivity index (χ2n) is 8.45. The third-order valence-electron chi connectivity index (χ3n) is 6.43. The molecule has 2 heterocycles. The number of carbonyl (C=O) groups excluding carboxylic acids is 1. The highest BCUT2D eigenvalue weighted by Crippen LogP contribution is 2.63. The largest absolute Gasteiger partial charge is 0.469 e. The molecule has 1 aliphatic heterocycles. The van der Waals surface area contributed by atoms with Gasteiger partial charge in [-0.15, -0.1) is 0 Å². The Morgan fingerprint density at radius 3 is 2.88 bits per heavy atom. The lowest BCUT2D eigenvalue weighted by atomic mass is 9.48. The van der Waals surface area contributed by atoms with E-state index in [0.29, 0.717) is 5.92 Å². The minimum Gasteiger partial charge on any atom is -0.469 e. The van der Waals surface area contributed by atoms with E-state index in [2.05, 4.69) is 23.7 Å². The zero-order valence-electron chi connectivity index (χ0n) is 15.3. The monoisotopic (exact) mass is 344 g/mol. The topological polar surface area (TPSA) is 45.3 Å². The number of aromatic amines is 1. The molecule has 4 nitrogen and oxygen atoms in total. The number of benzene rings is 1. The normalized spacial score (nSPS) is 28.0. The van der Waals surface area contributed by atoms with Gasteiger partial charge in [-0.3, -0.25) is 9.69 Å². The van der Waals surface area contributed by atoms with Gasteiger partial charge < -0.3 is 9.72 Å². The van der Waals surface area contributed by atoms with Crippen LogP contribution in [-0.4, -0.2) is 36.1 Å². The summed E-state index contributed by atoms with van der Waals surface area (Å²) in [6.45, 7) is 8.87. The minimum atomic E-state index is -0.357. The highest BCUT2D eigenvalue weighted by Gasteiger charge is 2.67. The Balaban J connectivity index is 1.60. The lowest BCUT2D eigenvalue weighted by molar-refractivity contribution is -0.174. The molecule has 2 fully saturated rings. The first-order chi connectivity index (χ1) is 11.8. The first-order valence-corrected chi connectivity index (χ1v) is 8.84. The van der Waals surface area contributed by atoms with Crippen LogP contribution in [0, 0.1) is 29.5 Å². The molecule has 1 N–H and O–H groups in total. The molecule has 25 heavy (non-hydrogen) atoms. The third-order valence-corrected chi connectivity index (χ3v) is 6.43. The van der Waals surface area contributed by atoms with Gasteiger partial charge in [-0.2, -0.15) is 0 Å². The number of H-pyrrole nitrogens is 1. The molecule has 134 valence electrons. The lowest BCUT2D eigenvalue weighted by Crippen LogP contribution is -2.57. The number of rotatable bonds is 3. The van der Waals surface area contributed by atoms with Crippen molar-refractivity contribution in [1.29, 1.82) is 0 Å². The molecule has 0 bridgehead atoms. The molecule has 2 aliphatic rings. The van der Waals surface area contributed by atoms with Crippen LogP contribution in [0.15, 0.2) is 18.2 Å². The van der Waals surface area contributed by atoms with Gasteiger partial charge in [0.25, 0.3) is 0 Å². The highest BCUT2D eigenvalue weighted by molar-refractivity contribution is 5.84. The third kappa shape index (κ3) is 2.32. The van der Waals surface area contributed by atoms with Gasteiger partial charge in [-0.05, 0) is 48.4 Å². The number of halogens is 1. The number of likely N-dealkylation sites (tertiary alicyclic amines) is 1. The zero-order valence-corrected chi connectivity index (χ0v) is 15.3. The Kier molecular flexibility index (Phi) is 3.52. The van der Waals surface area contributed by atoms with Crippen molar-refractivity contribution in [3.05, 3.63) is 35.3 Å². The van der Waals surface area contributed by atoms with Gasteiger partial charge in [0.15, 0.2) is 0 Å². The number of hydrogen-bond acceptors (Lipinski definition) is 3. The van der Waals surface area contributed by atoms with Crippen LogP contribution in [0.4, 0.5) is 4.39 Å².